The molecule has 0 saturated carbocycles. The number of hydrogen-bond donors (Lipinski definition) is 1. The van der Waals surface area contributed by atoms with Gasteiger partial charge in [-0.25, -0.2) is 0 Å². The Morgan fingerprint density at radius 1 is 0.833 bits per heavy atom. The van der Waals surface area contributed by atoms with Crippen molar-refractivity contribution in [2.75, 3.05) is 0 Å². The SMILES string of the molecule is CCCC/C=C/CCCCCCCCCC(=O)O. The zero-order valence-electron chi connectivity index (χ0n) is 12.0. The molecular weight excluding hydrogens is 224 g/mol. The molecule has 0 unspecified atom stereocenters. The quantitative estimate of drug-likeness (QED) is 0.356. The Morgan fingerprint density at radius 3 is 1.89 bits per heavy atom. The van der Waals surface area contributed by atoms with Gasteiger partial charge in [-0.15, -0.1) is 0 Å². The summed E-state index contributed by atoms with van der Waals surface area (Å²) in [4.78, 5) is 10.3. The predicted molar refractivity (Wildman–Crippen MR) is 77.9 cm³/mol. The second-order valence-corrected chi connectivity index (χ2v) is 5.02. The number of unbranched alkanes of at least 4 members (excludes halogenated alkanes) is 9. The molecule has 2 heteroatoms. The van der Waals surface area contributed by atoms with Crippen molar-refractivity contribution in [2.24, 2.45) is 0 Å². The van der Waals surface area contributed by atoms with E-state index in [1.165, 1.54) is 57.8 Å². The molecule has 1 N–H and O–H groups in total. The summed E-state index contributed by atoms with van der Waals surface area (Å²) < 4.78 is 0. The van der Waals surface area contributed by atoms with Crippen molar-refractivity contribution in [3.8, 4) is 0 Å². The van der Waals surface area contributed by atoms with Crippen molar-refractivity contribution >= 4 is 5.97 Å². The number of carbonyl (C=O) groups is 1. The summed E-state index contributed by atoms with van der Waals surface area (Å²) in [5.41, 5.74) is 0. The molecule has 0 saturated heterocycles. The van der Waals surface area contributed by atoms with Crippen molar-refractivity contribution in [3.05, 3.63) is 12.2 Å². The van der Waals surface area contributed by atoms with E-state index in [0.29, 0.717) is 6.42 Å². The fourth-order valence-electron chi connectivity index (χ4n) is 1.98. The molecule has 0 rings (SSSR count). The first-order valence-electron chi connectivity index (χ1n) is 7.64. The van der Waals surface area contributed by atoms with Gasteiger partial charge >= 0.3 is 5.97 Å². The Morgan fingerprint density at radius 2 is 1.33 bits per heavy atom. The minimum atomic E-state index is -0.662. The lowest BCUT2D eigenvalue weighted by Gasteiger charge is -2.00. The van der Waals surface area contributed by atoms with Crippen LogP contribution in [-0.4, -0.2) is 11.1 Å². The van der Waals surface area contributed by atoms with Crippen molar-refractivity contribution in [2.45, 2.75) is 84.0 Å². The molecule has 0 heterocycles. The summed E-state index contributed by atoms with van der Waals surface area (Å²) in [5.74, 6) is -0.662. The monoisotopic (exact) mass is 254 g/mol. The molecule has 0 aliphatic heterocycles. The Labute approximate surface area is 112 Å². The summed E-state index contributed by atoms with van der Waals surface area (Å²) in [6.07, 6.45) is 18.3. The van der Waals surface area contributed by atoms with Gasteiger partial charge in [-0.2, -0.15) is 0 Å². The van der Waals surface area contributed by atoms with Gasteiger partial charge in [-0.3, -0.25) is 4.79 Å². The second kappa shape index (κ2) is 14.3. The third kappa shape index (κ3) is 15.2. The van der Waals surface area contributed by atoms with Crippen LogP contribution in [0.2, 0.25) is 0 Å². The number of aliphatic carboxylic acids is 1. The van der Waals surface area contributed by atoms with E-state index >= 15 is 0 Å². The summed E-state index contributed by atoms with van der Waals surface area (Å²) >= 11 is 0. The van der Waals surface area contributed by atoms with E-state index in [1.54, 1.807) is 0 Å². The van der Waals surface area contributed by atoms with Crippen LogP contribution < -0.4 is 0 Å². The third-order valence-electron chi connectivity index (χ3n) is 3.15. The number of carboxylic acid groups (broad SMARTS) is 1. The van der Waals surface area contributed by atoms with Crippen LogP contribution in [-0.2, 0) is 4.79 Å². The molecule has 0 aromatic rings. The van der Waals surface area contributed by atoms with Gasteiger partial charge in [-0.1, -0.05) is 64.0 Å². The molecule has 0 aromatic carbocycles. The van der Waals surface area contributed by atoms with Gasteiger partial charge < -0.3 is 5.11 Å². The van der Waals surface area contributed by atoms with Crippen LogP contribution in [0.5, 0.6) is 0 Å². The van der Waals surface area contributed by atoms with Gasteiger partial charge in [0.05, 0.1) is 0 Å². The highest BCUT2D eigenvalue weighted by molar-refractivity contribution is 5.66. The van der Waals surface area contributed by atoms with Gasteiger partial charge in [0.25, 0.3) is 0 Å². The lowest BCUT2D eigenvalue weighted by atomic mass is 10.1. The van der Waals surface area contributed by atoms with E-state index < -0.39 is 5.97 Å². The fraction of sp³-hybridized carbons (Fsp3) is 0.812. The fourth-order valence-corrected chi connectivity index (χ4v) is 1.98. The zero-order chi connectivity index (χ0) is 13.5. The molecule has 0 bridgehead atoms. The number of hydrogen-bond acceptors (Lipinski definition) is 1. The smallest absolute Gasteiger partial charge is 0.303 e. The van der Waals surface area contributed by atoms with Crippen LogP contribution in [0.15, 0.2) is 12.2 Å². The maximum absolute atomic E-state index is 10.3. The first-order valence-corrected chi connectivity index (χ1v) is 7.64. The largest absolute Gasteiger partial charge is 0.481 e. The van der Waals surface area contributed by atoms with Crippen LogP contribution in [0.4, 0.5) is 0 Å². The first-order chi connectivity index (χ1) is 8.77. The summed E-state index contributed by atoms with van der Waals surface area (Å²) in [7, 11) is 0. The molecule has 0 atom stereocenters. The van der Waals surface area contributed by atoms with Crippen molar-refractivity contribution in [3.63, 3.8) is 0 Å². The van der Waals surface area contributed by atoms with Crippen molar-refractivity contribution < 1.29 is 9.90 Å². The van der Waals surface area contributed by atoms with Crippen LogP contribution >= 0.6 is 0 Å². The molecule has 0 spiro atoms. The Kier molecular flexibility index (Phi) is 13.6. The summed E-state index contributed by atoms with van der Waals surface area (Å²) in [6.45, 7) is 2.23. The minimum absolute atomic E-state index is 0.336. The van der Waals surface area contributed by atoms with E-state index in [0.717, 1.165) is 12.8 Å². The number of rotatable bonds is 13. The van der Waals surface area contributed by atoms with Gasteiger partial charge in [0, 0.05) is 6.42 Å². The standard InChI is InChI=1S/C16H30O2/c1-2-3-4-5-6-7-8-9-10-11-12-13-14-15-16(17)18/h5-6H,2-4,7-15H2,1H3,(H,17,18)/b6-5+. The molecule has 18 heavy (non-hydrogen) atoms. The van der Waals surface area contributed by atoms with Crippen LogP contribution in [0, 0.1) is 0 Å². The number of allylic oxidation sites excluding steroid dienone is 2. The van der Waals surface area contributed by atoms with Crippen LogP contribution in [0.1, 0.15) is 84.0 Å². The Balaban J connectivity index is 3.03. The molecule has 0 aromatic heterocycles. The van der Waals surface area contributed by atoms with Gasteiger partial charge in [-0.05, 0) is 25.7 Å². The van der Waals surface area contributed by atoms with Gasteiger partial charge in [0.1, 0.15) is 0 Å². The maximum Gasteiger partial charge on any atom is 0.303 e. The average Bonchev–Trinajstić information content (AvgIpc) is 2.34. The Bertz CT molecular complexity index is 209. The molecule has 0 radical (unpaired) electrons. The van der Waals surface area contributed by atoms with E-state index in [4.69, 9.17) is 5.11 Å². The molecule has 0 fully saturated rings. The average molecular weight is 254 g/mol. The molecule has 0 aliphatic rings. The van der Waals surface area contributed by atoms with E-state index in [1.807, 2.05) is 0 Å². The molecule has 2 nitrogen and oxygen atoms in total. The summed E-state index contributed by atoms with van der Waals surface area (Å²) in [6, 6.07) is 0. The highest BCUT2D eigenvalue weighted by Crippen LogP contribution is 2.10. The lowest BCUT2D eigenvalue weighted by Crippen LogP contribution is -1.93. The van der Waals surface area contributed by atoms with Crippen molar-refractivity contribution in [1.82, 2.24) is 0 Å². The molecular formula is C16H30O2. The number of carboxylic acids is 1. The lowest BCUT2D eigenvalue weighted by molar-refractivity contribution is -0.137. The first kappa shape index (κ1) is 17.2. The van der Waals surface area contributed by atoms with Gasteiger partial charge in [0.15, 0.2) is 0 Å². The van der Waals surface area contributed by atoms with E-state index in [-0.39, 0.29) is 0 Å². The normalized spacial score (nSPS) is 11.2. The zero-order valence-corrected chi connectivity index (χ0v) is 12.0. The Hall–Kier alpha value is -0.790. The van der Waals surface area contributed by atoms with E-state index in [2.05, 4.69) is 19.1 Å². The minimum Gasteiger partial charge on any atom is -0.481 e. The molecule has 0 amide bonds. The highest BCUT2D eigenvalue weighted by Gasteiger charge is 1.96. The predicted octanol–water partition coefficient (Wildman–Crippen LogP) is 5.33. The second-order valence-electron chi connectivity index (χ2n) is 5.02. The molecule has 0 aliphatic carbocycles. The third-order valence-corrected chi connectivity index (χ3v) is 3.15. The van der Waals surface area contributed by atoms with Crippen LogP contribution in [0.3, 0.4) is 0 Å². The highest BCUT2D eigenvalue weighted by atomic mass is 16.4. The maximum atomic E-state index is 10.3. The van der Waals surface area contributed by atoms with Crippen LogP contribution in [0.25, 0.3) is 0 Å². The molecule has 106 valence electrons. The topological polar surface area (TPSA) is 37.3 Å². The van der Waals surface area contributed by atoms with Crippen molar-refractivity contribution in [1.29, 1.82) is 0 Å². The summed E-state index contributed by atoms with van der Waals surface area (Å²) in [5, 5.41) is 8.48. The van der Waals surface area contributed by atoms with E-state index in [9.17, 15) is 4.79 Å². The van der Waals surface area contributed by atoms with Gasteiger partial charge in [0.2, 0.25) is 0 Å².